The van der Waals surface area contributed by atoms with E-state index in [-0.39, 0.29) is 5.91 Å². The molecule has 1 aromatic heterocycles. The molecule has 5 heteroatoms. The minimum Gasteiger partial charge on any atom is -0.397 e. The molecule has 1 aliphatic carbocycles. The Labute approximate surface area is 130 Å². The number of amides is 1. The quantitative estimate of drug-likeness (QED) is 0.902. The summed E-state index contributed by atoms with van der Waals surface area (Å²) < 4.78 is 0. The number of nitrogens with one attached hydrogen (secondary N) is 1. The van der Waals surface area contributed by atoms with Crippen LogP contribution in [0, 0.1) is 11.3 Å². The van der Waals surface area contributed by atoms with E-state index in [1.54, 1.807) is 0 Å². The molecule has 1 atom stereocenters. The van der Waals surface area contributed by atoms with Crippen LogP contribution in [0.25, 0.3) is 0 Å². The van der Waals surface area contributed by atoms with Crippen molar-refractivity contribution in [2.75, 3.05) is 23.7 Å². The van der Waals surface area contributed by atoms with Crippen LogP contribution in [0.1, 0.15) is 49.7 Å². The van der Waals surface area contributed by atoms with Crippen molar-refractivity contribution >= 4 is 27.9 Å². The number of nitrogens with zero attached hydrogens (tertiary/aromatic N) is 1. The Hall–Kier alpha value is -1.23. The van der Waals surface area contributed by atoms with Gasteiger partial charge in [0.15, 0.2) is 0 Å². The Morgan fingerprint density at radius 3 is 2.67 bits per heavy atom. The second kappa shape index (κ2) is 5.20. The number of carbonyl (C=O) groups is 1. The van der Waals surface area contributed by atoms with Gasteiger partial charge in [-0.2, -0.15) is 0 Å². The molecule has 0 spiro atoms. The molecule has 1 amide bonds. The molecular formula is C16H25N3OS. The second-order valence-corrected chi connectivity index (χ2v) is 8.45. The molecule has 2 aliphatic rings. The largest absolute Gasteiger partial charge is 0.397 e. The van der Waals surface area contributed by atoms with Crippen LogP contribution < -0.4 is 16.0 Å². The van der Waals surface area contributed by atoms with Gasteiger partial charge in [-0.25, -0.2) is 0 Å². The van der Waals surface area contributed by atoms with E-state index in [1.807, 2.05) is 6.07 Å². The van der Waals surface area contributed by atoms with Gasteiger partial charge in [0.05, 0.1) is 10.7 Å². The molecule has 2 fully saturated rings. The monoisotopic (exact) mass is 307 g/mol. The molecule has 1 aliphatic heterocycles. The van der Waals surface area contributed by atoms with Gasteiger partial charge in [0.1, 0.15) is 4.88 Å². The van der Waals surface area contributed by atoms with Gasteiger partial charge in [-0.3, -0.25) is 4.79 Å². The summed E-state index contributed by atoms with van der Waals surface area (Å²) in [6.07, 6.45) is 3.41. The predicted octanol–water partition coefficient (Wildman–Crippen LogP) is 3.09. The molecule has 0 radical (unpaired) electrons. The summed E-state index contributed by atoms with van der Waals surface area (Å²) in [5, 5.41) is 4.16. The van der Waals surface area contributed by atoms with Crippen molar-refractivity contribution in [1.82, 2.24) is 5.32 Å². The van der Waals surface area contributed by atoms with Crippen molar-refractivity contribution in [1.29, 1.82) is 0 Å². The summed E-state index contributed by atoms with van der Waals surface area (Å²) in [7, 11) is 0. The molecule has 3 rings (SSSR count). The average molecular weight is 307 g/mol. The molecule has 1 aromatic rings. The summed E-state index contributed by atoms with van der Waals surface area (Å²) >= 11 is 1.54. The van der Waals surface area contributed by atoms with Crippen LogP contribution in [0.2, 0.25) is 0 Å². The van der Waals surface area contributed by atoms with E-state index < -0.39 is 0 Å². The third-order valence-corrected chi connectivity index (χ3v) is 5.80. The maximum atomic E-state index is 12.2. The lowest BCUT2D eigenvalue weighted by molar-refractivity contribution is 0.0956. The molecule has 4 nitrogen and oxygen atoms in total. The third-order valence-electron chi connectivity index (χ3n) is 4.59. The van der Waals surface area contributed by atoms with E-state index in [9.17, 15) is 4.79 Å². The highest BCUT2D eigenvalue weighted by atomic mass is 32.1. The van der Waals surface area contributed by atoms with Crippen LogP contribution in [0.15, 0.2) is 6.07 Å². The molecule has 1 saturated carbocycles. The van der Waals surface area contributed by atoms with Crippen molar-refractivity contribution in [3.05, 3.63) is 10.9 Å². The van der Waals surface area contributed by atoms with Gasteiger partial charge in [-0.05, 0) is 36.7 Å². The predicted molar refractivity (Wildman–Crippen MR) is 89.0 cm³/mol. The lowest BCUT2D eigenvalue weighted by atomic mass is 9.80. The highest BCUT2D eigenvalue weighted by Crippen LogP contribution is 2.39. The SMILES string of the molecule is CC(C)(C)C1CCN(c2cc(N)c(C(=O)NC3CC3)s2)C1. The normalized spacial score (nSPS) is 22.6. The van der Waals surface area contributed by atoms with Crippen LogP contribution in [-0.4, -0.2) is 25.0 Å². The molecule has 116 valence electrons. The van der Waals surface area contributed by atoms with Gasteiger partial charge in [-0.1, -0.05) is 20.8 Å². The molecule has 1 unspecified atom stereocenters. The van der Waals surface area contributed by atoms with Crippen LogP contribution in [0.5, 0.6) is 0 Å². The van der Waals surface area contributed by atoms with E-state index >= 15 is 0 Å². The minimum atomic E-state index is -0.00202. The first-order valence-electron chi connectivity index (χ1n) is 7.79. The summed E-state index contributed by atoms with van der Waals surface area (Å²) in [6, 6.07) is 2.34. The van der Waals surface area contributed by atoms with Gasteiger partial charge < -0.3 is 16.0 Å². The Morgan fingerprint density at radius 2 is 2.10 bits per heavy atom. The standard InChI is InChI=1S/C16H25N3OS/c1-16(2,3)10-6-7-19(9-10)13-8-12(17)14(21-13)15(20)18-11-4-5-11/h8,10-11H,4-7,9,17H2,1-3H3,(H,18,20). The van der Waals surface area contributed by atoms with Crippen LogP contribution in [0.3, 0.4) is 0 Å². The van der Waals surface area contributed by atoms with Crippen molar-refractivity contribution in [3.63, 3.8) is 0 Å². The number of nitrogen functional groups attached to an aromatic ring is 1. The number of nitrogens with two attached hydrogens (primary N) is 1. The van der Waals surface area contributed by atoms with Gasteiger partial charge in [0.25, 0.3) is 5.91 Å². The zero-order chi connectivity index (χ0) is 15.2. The fourth-order valence-corrected chi connectivity index (χ4v) is 3.89. The highest BCUT2D eigenvalue weighted by molar-refractivity contribution is 7.18. The number of anilines is 2. The van der Waals surface area contributed by atoms with Crippen molar-refractivity contribution in [2.45, 2.75) is 46.1 Å². The van der Waals surface area contributed by atoms with Crippen LogP contribution >= 0.6 is 11.3 Å². The fourth-order valence-electron chi connectivity index (χ4n) is 2.87. The fraction of sp³-hybridized carbons (Fsp3) is 0.688. The van der Waals surface area contributed by atoms with E-state index in [2.05, 4.69) is 31.0 Å². The second-order valence-electron chi connectivity index (χ2n) is 7.41. The van der Waals surface area contributed by atoms with Gasteiger partial charge in [0.2, 0.25) is 0 Å². The minimum absolute atomic E-state index is 0.00202. The first kappa shape index (κ1) is 14.7. The van der Waals surface area contributed by atoms with Crippen LogP contribution in [-0.2, 0) is 0 Å². The van der Waals surface area contributed by atoms with Crippen molar-refractivity contribution in [2.24, 2.45) is 11.3 Å². The van der Waals surface area contributed by atoms with E-state index in [0.717, 1.165) is 30.9 Å². The molecule has 2 heterocycles. The maximum absolute atomic E-state index is 12.2. The number of thiophene rings is 1. The highest BCUT2D eigenvalue weighted by Gasteiger charge is 2.33. The Balaban J connectivity index is 1.70. The first-order chi connectivity index (χ1) is 9.84. The lowest BCUT2D eigenvalue weighted by Crippen LogP contribution is -2.25. The number of hydrogen-bond acceptors (Lipinski definition) is 4. The number of rotatable bonds is 3. The maximum Gasteiger partial charge on any atom is 0.263 e. The van der Waals surface area contributed by atoms with E-state index in [4.69, 9.17) is 5.73 Å². The molecule has 0 aromatic carbocycles. The summed E-state index contributed by atoms with van der Waals surface area (Å²) in [6.45, 7) is 9.04. The first-order valence-corrected chi connectivity index (χ1v) is 8.61. The smallest absolute Gasteiger partial charge is 0.263 e. The van der Waals surface area contributed by atoms with Gasteiger partial charge in [-0.15, -0.1) is 11.3 Å². The van der Waals surface area contributed by atoms with E-state index in [0.29, 0.717) is 27.9 Å². The zero-order valence-corrected chi connectivity index (χ0v) is 13.9. The Bertz CT molecular complexity index is 542. The number of hydrogen-bond donors (Lipinski definition) is 2. The average Bonchev–Trinajstić information content (AvgIpc) is 2.91. The lowest BCUT2D eigenvalue weighted by Gasteiger charge is -2.27. The Morgan fingerprint density at radius 1 is 1.38 bits per heavy atom. The van der Waals surface area contributed by atoms with E-state index in [1.165, 1.54) is 17.8 Å². The Kier molecular flexibility index (Phi) is 3.64. The van der Waals surface area contributed by atoms with Gasteiger partial charge >= 0.3 is 0 Å². The summed E-state index contributed by atoms with van der Waals surface area (Å²) in [5.41, 5.74) is 7.00. The molecule has 1 saturated heterocycles. The zero-order valence-electron chi connectivity index (χ0n) is 13.1. The third kappa shape index (κ3) is 3.18. The van der Waals surface area contributed by atoms with Crippen molar-refractivity contribution in [3.8, 4) is 0 Å². The molecule has 21 heavy (non-hydrogen) atoms. The topological polar surface area (TPSA) is 58.4 Å². The summed E-state index contributed by atoms with van der Waals surface area (Å²) in [4.78, 5) is 15.2. The summed E-state index contributed by atoms with van der Waals surface area (Å²) in [5.74, 6) is 0.697. The van der Waals surface area contributed by atoms with Crippen molar-refractivity contribution < 1.29 is 4.79 Å². The van der Waals surface area contributed by atoms with Crippen LogP contribution in [0.4, 0.5) is 10.7 Å². The number of carbonyl (C=O) groups excluding carboxylic acids is 1. The molecule has 0 bridgehead atoms. The van der Waals surface area contributed by atoms with Gasteiger partial charge in [0, 0.05) is 19.1 Å². The molecule has 3 N–H and O–H groups in total. The molecular weight excluding hydrogens is 282 g/mol.